The molecule has 2 aromatic carbocycles. The molecule has 0 radical (unpaired) electrons. The Morgan fingerprint density at radius 2 is 1.64 bits per heavy atom. The van der Waals surface area contributed by atoms with Gasteiger partial charge in [0.15, 0.2) is 0 Å². The lowest BCUT2D eigenvalue weighted by molar-refractivity contribution is -0.189. The number of nitrogens with zero attached hydrogens (tertiary/aromatic N) is 1. The summed E-state index contributed by atoms with van der Waals surface area (Å²) < 4.78 is 52.2. The van der Waals surface area contributed by atoms with Crippen LogP contribution in [0.4, 0.5) is 18.0 Å². The highest BCUT2D eigenvalue weighted by atomic mass is 19.4. The quantitative estimate of drug-likeness (QED) is 0.459. The Labute approximate surface area is 191 Å². The first-order chi connectivity index (χ1) is 15.6. The maximum Gasteiger partial charge on any atom is 0.417 e. The first-order valence-corrected chi connectivity index (χ1v) is 10.9. The van der Waals surface area contributed by atoms with E-state index in [4.69, 9.17) is 9.47 Å². The number of carbonyl (C=O) groups is 2. The lowest BCUT2D eigenvalue weighted by atomic mass is 9.90. The van der Waals surface area contributed by atoms with Gasteiger partial charge in [0.1, 0.15) is 11.5 Å². The number of benzene rings is 2. The van der Waals surface area contributed by atoms with Gasteiger partial charge in [-0.25, -0.2) is 9.69 Å². The van der Waals surface area contributed by atoms with Crippen molar-refractivity contribution in [3.8, 4) is 0 Å². The fourth-order valence-electron chi connectivity index (χ4n) is 3.95. The topological polar surface area (TPSA) is 55.8 Å². The molecule has 5 nitrogen and oxygen atoms in total. The molecule has 1 heterocycles. The van der Waals surface area contributed by atoms with E-state index in [-0.39, 0.29) is 26.1 Å². The molecule has 0 aromatic heterocycles. The van der Waals surface area contributed by atoms with Crippen molar-refractivity contribution in [1.29, 1.82) is 0 Å². The number of carbonyl (C=O) groups excluding carboxylic acids is 2. The van der Waals surface area contributed by atoms with E-state index in [2.05, 4.69) is 0 Å². The van der Waals surface area contributed by atoms with E-state index >= 15 is 0 Å². The minimum atomic E-state index is -4.79. The number of cyclic esters (lactones) is 1. The summed E-state index contributed by atoms with van der Waals surface area (Å²) in [6, 6.07) is 17.4. The lowest BCUT2D eigenvalue weighted by Gasteiger charge is -2.30. The summed E-state index contributed by atoms with van der Waals surface area (Å²) >= 11 is 0. The van der Waals surface area contributed by atoms with Gasteiger partial charge in [0.2, 0.25) is 5.91 Å². The van der Waals surface area contributed by atoms with E-state index in [0.717, 1.165) is 11.1 Å². The number of ether oxygens (including phenoxy) is 2. The van der Waals surface area contributed by atoms with Crippen LogP contribution < -0.4 is 0 Å². The Kier molecular flexibility index (Phi) is 7.79. The predicted octanol–water partition coefficient (Wildman–Crippen LogP) is 5.53. The molecular weight excluding hydrogens is 435 g/mol. The van der Waals surface area contributed by atoms with Crippen molar-refractivity contribution < 1.29 is 32.2 Å². The summed E-state index contributed by atoms with van der Waals surface area (Å²) in [5.41, 5.74) is 0.591. The first kappa shape index (κ1) is 24.8. The molecule has 1 aliphatic heterocycles. The number of alkyl halides is 3. The van der Waals surface area contributed by atoms with Gasteiger partial charge in [-0.2, -0.15) is 13.2 Å². The van der Waals surface area contributed by atoms with Crippen molar-refractivity contribution in [2.45, 2.75) is 57.5 Å². The third-order valence-electron chi connectivity index (χ3n) is 5.76. The van der Waals surface area contributed by atoms with Crippen LogP contribution in [0.2, 0.25) is 0 Å². The van der Waals surface area contributed by atoms with Gasteiger partial charge >= 0.3 is 12.3 Å². The van der Waals surface area contributed by atoms with E-state index in [1.807, 2.05) is 36.4 Å². The summed E-state index contributed by atoms with van der Waals surface area (Å²) in [7, 11) is 0. The predicted molar refractivity (Wildman–Crippen MR) is 116 cm³/mol. The molecule has 1 aliphatic rings. The molecule has 0 aliphatic carbocycles. The molecule has 2 amide bonds. The summed E-state index contributed by atoms with van der Waals surface area (Å²) in [6.07, 6.45) is -6.07. The zero-order valence-corrected chi connectivity index (χ0v) is 18.7. The number of hydrogen-bond acceptors (Lipinski definition) is 4. The molecule has 1 fully saturated rings. The maximum absolute atomic E-state index is 13.8. The Bertz CT molecular complexity index is 932. The monoisotopic (exact) mass is 463 g/mol. The van der Waals surface area contributed by atoms with E-state index in [1.54, 1.807) is 38.1 Å². The van der Waals surface area contributed by atoms with Gasteiger partial charge in [0.05, 0.1) is 12.6 Å². The second-order valence-corrected chi connectivity index (χ2v) is 8.66. The van der Waals surface area contributed by atoms with Crippen LogP contribution in [0.15, 0.2) is 60.7 Å². The molecule has 2 atom stereocenters. The fraction of sp³-hybridized carbons (Fsp3) is 0.440. The zero-order chi connectivity index (χ0) is 24.1. The molecule has 0 N–H and O–H groups in total. The Balaban J connectivity index is 1.68. The van der Waals surface area contributed by atoms with Crippen LogP contribution in [-0.2, 0) is 27.3 Å². The van der Waals surface area contributed by atoms with Crippen molar-refractivity contribution in [3.63, 3.8) is 0 Å². The standard InChI is InChI=1S/C25H28F3NO4/c1-24(2)21(16-18-10-5-3-6-11-18)29(23(31)33-24)22(30)20(25(26,27)28)14-9-15-32-17-19-12-7-4-8-13-19/h3-8,10-13,20-21H,9,14-17H2,1-2H3/t20-,21-/m0/s1. The van der Waals surface area contributed by atoms with Crippen molar-refractivity contribution in [1.82, 2.24) is 4.90 Å². The zero-order valence-electron chi connectivity index (χ0n) is 18.7. The molecule has 2 aromatic rings. The molecule has 0 bridgehead atoms. The van der Waals surface area contributed by atoms with Crippen LogP contribution in [0.3, 0.4) is 0 Å². The highest BCUT2D eigenvalue weighted by molar-refractivity contribution is 5.95. The maximum atomic E-state index is 13.8. The summed E-state index contributed by atoms with van der Waals surface area (Å²) in [5.74, 6) is -3.58. The minimum Gasteiger partial charge on any atom is -0.441 e. The average molecular weight is 463 g/mol. The van der Waals surface area contributed by atoms with Crippen LogP contribution in [0, 0.1) is 5.92 Å². The lowest BCUT2D eigenvalue weighted by Crippen LogP contribution is -2.50. The van der Waals surface area contributed by atoms with Crippen molar-refractivity contribution >= 4 is 12.0 Å². The smallest absolute Gasteiger partial charge is 0.417 e. The molecular formula is C25H28F3NO4. The van der Waals surface area contributed by atoms with Crippen LogP contribution in [0.5, 0.6) is 0 Å². The number of rotatable bonds is 9. The average Bonchev–Trinajstić information content (AvgIpc) is 2.98. The largest absolute Gasteiger partial charge is 0.441 e. The molecule has 1 saturated heterocycles. The van der Waals surface area contributed by atoms with Gasteiger partial charge in [0, 0.05) is 6.61 Å². The molecule has 0 spiro atoms. The van der Waals surface area contributed by atoms with E-state index in [9.17, 15) is 22.8 Å². The number of hydrogen-bond donors (Lipinski definition) is 0. The van der Waals surface area contributed by atoms with Crippen LogP contribution >= 0.6 is 0 Å². The first-order valence-electron chi connectivity index (χ1n) is 10.9. The summed E-state index contributed by atoms with van der Waals surface area (Å²) in [5, 5.41) is 0. The Hall–Kier alpha value is -2.87. The molecule has 33 heavy (non-hydrogen) atoms. The minimum absolute atomic E-state index is 0.0262. The Morgan fingerprint density at radius 1 is 1.06 bits per heavy atom. The number of amides is 2. The van der Waals surface area contributed by atoms with Gasteiger partial charge in [-0.3, -0.25) is 4.79 Å². The van der Waals surface area contributed by atoms with Gasteiger partial charge in [-0.05, 0) is 44.2 Å². The number of imide groups is 1. The van der Waals surface area contributed by atoms with Gasteiger partial charge in [-0.15, -0.1) is 0 Å². The molecule has 8 heteroatoms. The molecule has 3 rings (SSSR count). The van der Waals surface area contributed by atoms with E-state index in [0.29, 0.717) is 4.90 Å². The normalized spacial score (nSPS) is 18.8. The van der Waals surface area contributed by atoms with Crippen LogP contribution in [0.1, 0.15) is 37.8 Å². The summed E-state index contributed by atoms with van der Waals surface area (Å²) in [4.78, 5) is 26.2. The SMILES string of the molecule is CC1(C)OC(=O)N(C(=O)[C@H](CCCOCc2ccccc2)C(F)(F)F)[C@H]1Cc1ccccc1. The third kappa shape index (κ3) is 6.35. The molecule has 0 saturated carbocycles. The van der Waals surface area contributed by atoms with E-state index in [1.165, 1.54) is 0 Å². The molecule has 178 valence electrons. The second kappa shape index (κ2) is 10.4. The van der Waals surface area contributed by atoms with Gasteiger partial charge < -0.3 is 9.47 Å². The fourth-order valence-corrected chi connectivity index (χ4v) is 3.95. The second-order valence-electron chi connectivity index (χ2n) is 8.66. The van der Waals surface area contributed by atoms with E-state index < -0.39 is 42.2 Å². The van der Waals surface area contributed by atoms with Crippen molar-refractivity contribution in [2.75, 3.05) is 6.61 Å². The van der Waals surface area contributed by atoms with Crippen molar-refractivity contribution in [2.24, 2.45) is 5.92 Å². The van der Waals surface area contributed by atoms with Crippen LogP contribution in [0.25, 0.3) is 0 Å². The Morgan fingerprint density at radius 3 is 2.21 bits per heavy atom. The van der Waals surface area contributed by atoms with Crippen molar-refractivity contribution in [3.05, 3.63) is 71.8 Å². The highest BCUT2D eigenvalue weighted by Crippen LogP contribution is 2.37. The highest BCUT2D eigenvalue weighted by Gasteiger charge is 2.55. The summed E-state index contributed by atoms with van der Waals surface area (Å²) in [6.45, 7) is 3.55. The molecule has 0 unspecified atom stereocenters. The van der Waals surface area contributed by atoms with Gasteiger partial charge in [0.25, 0.3) is 0 Å². The number of halogens is 3. The third-order valence-corrected chi connectivity index (χ3v) is 5.76. The van der Waals surface area contributed by atoms with Crippen LogP contribution in [-0.4, -0.2) is 41.3 Å². The van der Waals surface area contributed by atoms with Gasteiger partial charge in [-0.1, -0.05) is 60.7 Å².